The van der Waals surface area contributed by atoms with E-state index in [1.165, 1.54) is 0 Å². The lowest BCUT2D eigenvalue weighted by Crippen LogP contribution is -2.55. The first-order valence-corrected chi connectivity index (χ1v) is 14.1. The summed E-state index contributed by atoms with van der Waals surface area (Å²) in [5.41, 5.74) is 0.767. The molecule has 0 fully saturated rings. The monoisotopic (exact) mass is 476 g/mol. The summed E-state index contributed by atoms with van der Waals surface area (Å²) in [7, 11) is -6.69. The van der Waals surface area contributed by atoms with Crippen LogP contribution in [0.5, 0.6) is 11.5 Å². The molecule has 0 N–H and O–H groups in total. The Morgan fingerprint density at radius 3 is 2.09 bits per heavy atom. The van der Waals surface area contributed by atoms with Gasteiger partial charge in [-0.1, -0.05) is 30.3 Å². The number of hydrogen-bond donors (Lipinski definition) is 0. The number of fused-ring (bicyclic) bond motifs is 1. The van der Waals surface area contributed by atoms with Gasteiger partial charge in [0, 0.05) is 31.5 Å². The maximum absolute atomic E-state index is 11.5. The van der Waals surface area contributed by atoms with Gasteiger partial charge in [-0.25, -0.2) is 0 Å². The summed E-state index contributed by atoms with van der Waals surface area (Å²) in [6.07, 6.45) is -0.428. The molecular formula is C21H24O9Si2. The Labute approximate surface area is 187 Å². The molecule has 1 unspecified atom stereocenters. The lowest BCUT2D eigenvalue weighted by atomic mass is 10.2. The number of carbonyl (C=O) groups excluding carboxylic acids is 3. The quantitative estimate of drug-likeness (QED) is 0.555. The second-order valence-corrected chi connectivity index (χ2v) is 12.5. The van der Waals surface area contributed by atoms with Crippen molar-refractivity contribution in [1.29, 1.82) is 0 Å². The Morgan fingerprint density at radius 2 is 1.53 bits per heavy atom. The van der Waals surface area contributed by atoms with E-state index < -0.39 is 41.5 Å². The van der Waals surface area contributed by atoms with Crippen LogP contribution in [0.25, 0.3) is 0 Å². The second kappa shape index (κ2) is 9.55. The predicted molar refractivity (Wildman–Crippen MR) is 116 cm³/mol. The van der Waals surface area contributed by atoms with Crippen LogP contribution in [-0.4, -0.2) is 41.5 Å². The van der Waals surface area contributed by atoms with Crippen LogP contribution in [-0.2, 0) is 38.7 Å². The van der Waals surface area contributed by atoms with Gasteiger partial charge in [0.1, 0.15) is 11.5 Å². The summed E-state index contributed by atoms with van der Waals surface area (Å²) in [6, 6.07) is 14.9. The molecule has 1 aliphatic rings. The van der Waals surface area contributed by atoms with Gasteiger partial charge in [0.2, 0.25) is 0 Å². The molecule has 9 nitrogen and oxygen atoms in total. The highest BCUT2D eigenvalue weighted by Crippen LogP contribution is 2.32. The first-order valence-electron chi connectivity index (χ1n) is 9.84. The highest BCUT2D eigenvalue weighted by atomic mass is 28.4. The van der Waals surface area contributed by atoms with Crippen LogP contribution in [0.15, 0.2) is 48.5 Å². The van der Waals surface area contributed by atoms with Crippen LogP contribution in [0.2, 0.25) is 6.55 Å². The fourth-order valence-corrected chi connectivity index (χ4v) is 7.33. The van der Waals surface area contributed by atoms with Gasteiger partial charge in [-0.2, -0.15) is 0 Å². The van der Waals surface area contributed by atoms with Crippen molar-refractivity contribution in [1.82, 2.24) is 0 Å². The molecule has 0 aliphatic carbocycles. The molecule has 2 aromatic rings. The third kappa shape index (κ3) is 5.75. The molecule has 0 bridgehead atoms. The maximum atomic E-state index is 11.5. The van der Waals surface area contributed by atoms with Crippen molar-refractivity contribution in [2.45, 2.75) is 33.9 Å². The van der Waals surface area contributed by atoms with Crippen molar-refractivity contribution < 1.29 is 41.3 Å². The summed E-state index contributed by atoms with van der Waals surface area (Å²) in [6.45, 7) is 5.67. The number of benzene rings is 2. The molecule has 2 aromatic carbocycles. The van der Waals surface area contributed by atoms with E-state index in [4.69, 9.17) is 26.9 Å². The molecular weight excluding hydrogens is 452 g/mol. The summed E-state index contributed by atoms with van der Waals surface area (Å²) in [5.74, 6) is -1.23. The Bertz CT molecular complexity index is 971. The van der Waals surface area contributed by atoms with E-state index in [0.717, 1.165) is 31.5 Å². The van der Waals surface area contributed by atoms with Crippen molar-refractivity contribution in [3.05, 3.63) is 54.1 Å². The van der Waals surface area contributed by atoms with Crippen LogP contribution in [0.3, 0.4) is 0 Å². The van der Waals surface area contributed by atoms with E-state index in [-0.39, 0.29) is 0 Å². The van der Waals surface area contributed by atoms with E-state index in [0.29, 0.717) is 18.1 Å². The average Bonchev–Trinajstić information content (AvgIpc) is 2.71. The molecule has 0 saturated heterocycles. The van der Waals surface area contributed by atoms with E-state index in [2.05, 4.69) is 0 Å². The number of rotatable bonds is 7. The van der Waals surface area contributed by atoms with Gasteiger partial charge in [0.05, 0.1) is 6.61 Å². The fraction of sp³-hybridized carbons (Fsp3) is 0.286. The number of hydrogen-bond acceptors (Lipinski definition) is 9. The Morgan fingerprint density at radius 1 is 0.938 bits per heavy atom. The van der Waals surface area contributed by atoms with Crippen LogP contribution >= 0.6 is 0 Å². The van der Waals surface area contributed by atoms with Gasteiger partial charge in [-0.05, 0) is 24.7 Å². The summed E-state index contributed by atoms with van der Waals surface area (Å²) >= 11 is 0. The van der Waals surface area contributed by atoms with E-state index >= 15 is 0 Å². The first-order chi connectivity index (χ1) is 15.1. The predicted octanol–water partition coefficient (Wildman–Crippen LogP) is 2.12. The molecule has 1 heterocycles. The van der Waals surface area contributed by atoms with Crippen LogP contribution in [0, 0.1) is 0 Å². The molecule has 0 radical (unpaired) electrons. The zero-order valence-corrected chi connectivity index (χ0v) is 20.2. The van der Waals surface area contributed by atoms with Gasteiger partial charge in [0.25, 0.3) is 17.9 Å². The summed E-state index contributed by atoms with van der Waals surface area (Å²) < 4.78 is 33.4. The van der Waals surface area contributed by atoms with Crippen molar-refractivity contribution in [3.8, 4) is 11.5 Å². The third-order valence-electron chi connectivity index (χ3n) is 4.45. The average molecular weight is 477 g/mol. The standard InChI is InChI=1S/C21H24O9Si2/c1-15(22)27-32(28-16(2)23,29-17(3)24)14-25-19-10-11-21-18(12-19)13-26-31(4,30-21)20-8-6-5-7-9-20/h5-12H,13-14H2,1-4H3. The van der Waals surface area contributed by atoms with E-state index in [9.17, 15) is 14.4 Å². The highest BCUT2D eigenvalue weighted by Gasteiger charge is 2.54. The molecule has 32 heavy (non-hydrogen) atoms. The van der Waals surface area contributed by atoms with Crippen LogP contribution in [0.4, 0.5) is 0 Å². The van der Waals surface area contributed by atoms with Crippen molar-refractivity contribution in [2.75, 3.05) is 6.23 Å². The second-order valence-electron chi connectivity index (χ2n) is 7.22. The number of ether oxygens (including phenoxy) is 1. The molecule has 0 saturated carbocycles. The van der Waals surface area contributed by atoms with Crippen LogP contribution in [0.1, 0.15) is 26.3 Å². The normalized spacial score (nSPS) is 17.4. The SMILES string of the molecule is CC(=O)O[Si](COc1ccc2c(c1)CO[Si](C)(c1ccccc1)O2)(OC(C)=O)OC(C)=O. The Balaban J connectivity index is 1.77. The zero-order valence-electron chi connectivity index (χ0n) is 18.2. The van der Waals surface area contributed by atoms with Crippen LogP contribution < -0.4 is 14.3 Å². The molecule has 170 valence electrons. The minimum absolute atomic E-state index is 0.324. The maximum Gasteiger partial charge on any atom is 0.745 e. The van der Waals surface area contributed by atoms with E-state index in [1.54, 1.807) is 18.2 Å². The van der Waals surface area contributed by atoms with Gasteiger partial charge in [-0.15, -0.1) is 0 Å². The fourth-order valence-electron chi connectivity index (χ4n) is 3.18. The lowest BCUT2D eigenvalue weighted by molar-refractivity contribution is -0.148. The van der Waals surface area contributed by atoms with Gasteiger partial charge in [-0.3, -0.25) is 14.4 Å². The largest absolute Gasteiger partial charge is 0.745 e. The molecule has 0 spiro atoms. The summed E-state index contributed by atoms with van der Waals surface area (Å²) in [4.78, 5) is 34.6. The van der Waals surface area contributed by atoms with Crippen molar-refractivity contribution >= 4 is 40.5 Å². The zero-order chi connectivity index (χ0) is 23.4. The molecule has 11 heteroatoms. The lowest BCUT2D eigenvalue weighted by Gasteiger charge is -2.33. The van der Waals surface area contributed by atoms with Gasteiger partial charge < -0.3 is 26.9 Å². The topological polar surface area (TPSA) is 107 Å². The Kier molecular flexibility index (Phi) is 7.01. The van der Waals surface area contributed by atoms with Crippen molar-refractivity contribution in [3.63, 3.8) is 0 Å². The number of carbonyl (C=O) groups is 3. The molecule has 3 rings (SSSR count). The highest BCUT2D eigenvalue weighted by molar-refractivity contribution is 6.80. The molecule has 0 aromatic heterocycles. The summed E-state index contributed by atoms with van der Waals surface area (Å²) in [5, 5.41) is 1.02. The molecule has 1 aliphatic heterocycles. The van der Waals surface area contributed by atoms with Gasteiger partial charge >= 0.3 is 17.4 Å². The smallest absolute Gasteiger partial charge is 0.517 e. The first kappa shape index (κ1) is 23.5. The molecule has 1 atom stereocenters. The minimum atomic E-state index is -4.10. The molecule has 0 amide bonds. The van der Waals surface area contributed by atoms with Gasteiger partial charge in [0.15, 0.2) is 6.23 Å². The minimum Gasteiger partial charge on any atom is -0.517 e. The Hall–Kier alpha value is -3.16. The van der Waals surface area contributed by atoms with E-state index in [1.807, 2.05) is 36.9 Å². The van der Waals surface area contributed by atoms with Crippen molar-refractivity contribution in [2.24, 2.45) is 0 Å². The third-order valence-corrected chi connectivity index (χ3v) is 9.43.